The molecular formula is C25H30FN3O. The van der Waals surface area contributed by atoms with Crippen LogP contribution in [0.3, 0.4) is 0 Å². The number of halogens is 1. The Balaban J connectivity index is 1.42. The van der Waals surface area contributed by atoms with Gasteiger partial charge in [-0.25, -0.2) is 4.39 Å². The molecule has 5 rings (SSSR count). The van der Waals surface area contributed by atoms with Crippen molar-refractivity contribution in [1.29, 1.82) is 0 Å². The van der Waals surface area contributed by atoms with Gasteiger partial charge < -0.3 is 4.90 Å². The van der Waals surface area contributed by atoms with E-state index >= 15 is 0 Å². The molecule has 4 nitrogen and oxygen atoms in total. The number of hydrogen-bond acceptors (Lipinski definition) is 3. The second-order valence-electron chi connectivity index (χ2n) is 9.36. The molecule has 3 saturated heterocycles. The zero-order chi connectivity index (χ0) is 20.7. The van der Waals surface area contributed by atoms with E-state index in [-0.39, 0.29) is 11.9 Å². The minimum Gasteiger partial charge on any atom is -0.336 e. The standard InChI is InChI=1S/C25H30FN3O/c1-17-19(6-4-10-27-17)14-28-15-20-13-21(16-28)24(12-18-5-2-7-22(26)11-18)29-23(20)8-3-9-25(29)30/h2,4-7,10-11,20-21,23-24H,3,8-9,12-16H2,1H3/t20-,21+,23+,24+/m1/s1. The second kappa shape index (κ2) is 8.10. The van der Waals surface area contributed by atoms with Crippen LogP contribution in [-0.4, -0.2) is 45.9 Å². The van der Waals surface area contributed by atoms with Gasteiger partial charge in [-0.3, -0.25) is 14.7 Å². The monoisotopic (exact) mass is 407 g/mol. The molecule has 4 heterocycles. The minimum absolute atomic E-state index is 0.165. The summed E-state index contributed by atoms with van der Waals surface area (Å²) in [5.74, 6) is 1.08. The highest BCUT2D eigenvalue weighted by Gasteiger charge is 2.49. The van der Waals surface area contributed by atoms with Crippen LogP contribution in [0.5, 0.6) is 0 Å². The first-order chi connectivity index (χ1) is 14.6. The lowest BCUT2D eigenvalue weighted by atomic mass is 9.70. The van der Waals surface area contributed by atoms with Crippen molar-refractivity contribution in [2.45, 2.75) is 57.7 Å². The fourth-order valence-electron chi connectivity index (χ4n) is 6.09. The van der Waals surface area contributed by atoms with Gasteiger partial charge in [-0.15, -0.1) is 0 Å². The smallest absolute Gasteiger partial charge is 0.223 e. The summed E-state index contributed by atoms with van der Waals surface area (Å²) < 4.78 is 13.8. The molecule has 0 aliphatic carbocycles. The van der Waals surface area contributed by atoms with E-state index in [0.717, 1.165) is 50.2 Å². The molecule has 1 amide bonds. The Kier molecular flexibility index (Phi) is 5.32. The molecule has 0 N–H and O–H groups in total. The first-order valence-electron chi connectivity index (χ1n) is 11.3. The zero-order valence-electron chi connectivity index (χ0n) is 17.6. The number of hydrogen-bond donors (Lipinski definition) is 0. The zero-order valence-corrected chi connectivity index (χ0v) is 17.6. The molecule has 1 aromatic heterocycles. The Bertz CT molecular complexity index is 932. The molecule has 0 saturated carbocycles. The van der Waals surface area contributed by atoms with Crippen LogP contribution in [0.2, 0.25) is 0 Å². The van der Waals surface area contributed by atoms with E-state index in [1.165, 1.54) is 18.1 Å². The Morgan fingerprint density at radius 2 is 2.03 bits per heavy atom. The number of amides is 1. The van der Waals surface area contributed by atoms with Crippen LogP contribution in [-0.2, 0) is 17.8 Å². The molecule has 1 aromatic carbocycles. The van der Waals surface area contributed by atoms with Gasteiger partial charge in [-0.05, 0) is 73.8 Å². The number of nitrogens with zero attached hydrogens (tertiary/aromatic N) is 3. The summed E-state index contributed by atoms with van der Waals surface area (Å²) in [4.78, 5) is 22.2. The number of rotatable bonds is 4. The van der Waals surface area contributed by atoms with E-state index in [1.807, 2.05) is 18.3 Å². The summed E-state index contributed by atoms with van der Waals surface area (Å²) in [6, 6.07) is 11.6. The van der Waals surface area contributed by atoms with E-state index in [2.05, 4.69) is 27.8 Å². The van der Waals surface area contributed by atoms with Crippen LogP contribution in [0.25, 0.3) is 0 Å². The average molecular weight is 408 g/mol. The van der Waals surface area contributed by atoms with Gasteiger partial charge in [0, 0.05) is 50.0 Å². The van der Waals surface area contributed by atoms with Crippen molar-refractivity contribution in [3.05, 3.63) is 65.2 Å². The van der Waals surface area contributed by atoms with Gasteiger partial charge in [0.1, 0.15) is 5.82 Å². The maximum atomic E-state index is 13.8. The topological polar surface area (TPSA) is 36.4 Å². The predicted molar refractivity (Wildman–Crippen MR) is 114 cm³/mol. The Morgan fingerprint density at radius 3 is 2.87 bits per heavy atom. The van der Waals surface area contributed by atoms with Gasteiger partial charge in [-0.2, -0.15) is 0 Å². The van der Waals surface area contributed by atoms with Crippen molar-refractivity contribution >= 4 is 5.91 Å². The van der Waals surface area contributed by atoms with Gasteiger partial charge in [0.25, 0.3) is 0 Å². The predicted octanol–water partition coefficient (Wildman–Crippen LogP) is 3.97. The van der Waals surface area contributed by atoms with Crippen molar-refractivity contribution in [1.82, 2.24) is 14.8 Å². The quantitative estimate of drug-likeness (QED) is 0.769. The molecule has 3 aliphatic rings. The molecule has 5 heteroatoms. The van der Waals surface area contributed by atoms with Crippen LogP contribution < -0.4 is 0 Å². The van der Waals surface area contributed by atoms with Gasteiger partial charge in [0.15, 0.2) is 0 Å². The number of carbonyl (C=O) groups is 1. The SMILES string of the molecule is Cc1ncccc1CN1C[C@H]2C[C@@H](C1)[C@H](Cc1cccc(F)c1)N1C(=O)CCC[C@@H]21. The summed E-state index contributed by atoms with van der Waals surface area (Å²) >= 11 is 0. The highest BCUT2D eigenvalue weighted by atomic mass is 19.1. The van der Waals surface area contributed by atoms with Gasteiger partial charge >= 0.3 is 0 Å². The lowest BCUT2D eigenvalue weighted by Crippen LogP contribution is -2.65. The molecule has 0 radical (unpaired) electrons. The van der Waals surface area contributed by atoms with Crippen molar-refractivity contribution in [2.24, 2.45) is 11.8 Å². The second-order valence-corrected chi connectivity index (χ2v) is 9.36. The molecule has 2 aromatic rings. The van der Waals surface area contributed by atoms with E-state index in [1.54, 1.807) is 12.1 Å². The van der Waals surface area contributed by atoms with E-state index in [4.69, 9.17) is 0 Å². The summed E-state index contributed by atoms with van der Waals surface area (Å²) in [6.45, 7) is 5.03. The molecule has 158 valence electrons. The molecule has 2 bridgehead atoms. The fourth-order valence-corrected chi connectivity index (χ4v) is 6.09. The van der Waals surface area contributed by atoms with E-state index in [9.17, 15) is 9.18 Å². The lowest BCUT2D eigenvalue weighted by Gasteiger charge is -2.57. The number of aryl methyl sites for hydroxylation is 1. The van der Waals surface area contributed by atoms with Gasteiger partial charge in [0.2, 0.25) is 5.91 Å². The lowest BCUT2D eigenvalue weighted by molar-refractivity contribution is -0.152. The van der Waals surface area contributed by atoms with Crippen LogP contribution in [0.15, 0.2) is 42.6 Å². The maximum Gasteiger partial charge on any atom is 0.223 e. The van der Waals surface area contributed by atoms with Crippen molar-refractivity contribution < 1.29 is 9.18 Å². The number of piperidine rings is 3. The van der Waals surface area contributed by atoms with Crippen LogP contribution in [0.1, 0.15) is 42.5 Å². The Morgan fingerprint density at radius 1 is 1.17 bits per heavy atom. The average Bonchev–Trinajstić information content (AvgIpc) is 2.73. The van der Waals surface area contributed by atoms with Crippen molar-refractivity contribution in [3.8, 4) is 0 Å². The fraction of sp³-hybridized carbons (Fsp3) is 0.520. The van der Waals surface area contributed by atoms with E-state index < -0.39 is 0 Å². The minimum atomic E-state index is -0.194. The summed E-state index contributed by atoms with van der Waals surface area (Å²) in [6.07, 6.45) is 6.53. The number of likely N-dealkylation sites (tertiary alicyclic amines) is 1. The third kappa shape index (κ3) is 3.76. The van der Waals surface area contributed by atoms with Crippen LogP contribution in [0, 0.1) is 24.6 Å². The van der Waals surface area contributed by atoms with Crippen molar-refractivity contribution in [3.63, 3.8) is 0 Å². The first-order valence-corrected chi connectivity index (χ1v) is 11.3. The first kappa shape index (κ1) is 19.7. The third-order valence-electron chi connectivity index (χ3n) is 7.42. The number of fused-ring (bicyclic) bond motifs is 4. The van der Waals surface area contributed by atoms with Crippen LogP contribution >= 0.6 is 0 Å². The number of carbonyl (C=O) groups excluding carboxylic acids is 1. The van der Waals surface area contributed by atoms with Crippen molar-refractivity contribution in [2.75, 3.05) is 13.1 Å². The van der Waals surface area contributed by atoms with Gasteiger partial charge in [-0.1, -0.05) is 18.2 Å². The molecule has 0 unspecified atom stereocenters. The molecule has 3 fully saturated rings. The molecular weight excluding hydrogens is 377 g/mol. The van der Waals surface area contributed by atoms with Gasteiger partial charge in [0.05, 0.1) is 0 Å². The Hall–Kier alpha value is -2.27. The molecule has 0 spiro atoms. The highest BCUT2D eigenvalue weighted by molar-refractivity contribution is 5.78. The number of pyridine rings is 1. The van der Waals surface area contributed by atoms with Crippen LogP contribution in [0.4, 0.5) is 4.39 Å². The highest BCUT2D eigenvalue weighted by Crippen LogP contribution is 2.43. The van der Waals surface area contributed by atoms with E-state index in [0.29, 0.717) is 30.2 Å². The molecule has 4 atom stereocenters. The molecule has 30 heavy (non-hydrogen) atoms. The normalized spacial score (nSPS) is 29.0. The Labute approximate surface area is 178 Å². The number of benzene rings is 1. The molecule has 3 aliphatic heterocycles. The third-order valence-corrected chi connectivity index (χ3v) is 7.42. The summed E-state index contributed by atoms with van der Waals surface area (Å²) in [5.41, 5.74) is 3.38. The maximum absolute atomic E-state index is 13.8. The largest absolute Gasteiger partial charge is 0.336 e. The number of aromatic nitrogens is 1. The summed E-state index contributed by atoms with van der Waals surface area (Å²) in [7, 11) is 0. The summed E-state index contributed by atoms with van der Waals surface area (Å²) in [5, 5.41) is 0.